The highest BCUT2D eigenvalue weighted by molar-refractivity contribution is 5.92. The van der Waals surface area contributed by atoms with Crippen molar-refractivity contribution >= 4 is 17.0 Å². The summed E-state index contributed by atoms with van der Waals surface area (Å²) in [6.07, 6.45) is 7.96. The zero-order valence-corrected chi connectivity index (χ0v) is 24.3. The summed E-state index contributed by atoms with van der Waals surface area (Å²) in [6.45, 7) is 12.7. The van der Waals surface area contributed by atoms with Gasteiger partial charge in [0.25, 0.3) is 0 Å². The molecule has 3 fully saturated rings. The number of hydrogen-bond acceptors (Lipinski definition) is 7. The lowest BCUT2D eigenvalue weighted by Gasteiger charge is -2.38. The quantitative estimate of drug-likeness (QED) is 0.419. The maximum Gasteiger partial charge on any atom is 0.410 e. The molecule has 40 heavy (non-hydrogen) atoms. The Balaban J connectivity index is 1.04. The lowest BCUT2D eigenvalue weighted by Crippen LogP contribution is -2.44. The number of benzene rings is 1. The Morgan fingerprint density at radius 1 is 1.05 bits per heavy atom. The molecule has 3 aliphatic rings. The number of likely N-dealkylation sites (tertiary alicyclic amines) is 2. The first-order valence-corrected chi connectivity index (χ1v) is 14.8. The second kappa shape index (κ2) is 10.7. The maximum atomic E-state index is 12.4. The van der Waals surface area contributed by atoms with E-state index in [1.165, 1.54) is 0 Å². The highest BCUT2D eigenvalue weighted by Crippen LogP contribution is 2.40. The summed E-state index contributed by atoms with van der Waals surface area (Å²) in [5.74, 6) is 1.93. The number of carbonyl (C=O) groups is 1. The molecule has 2 aliphatic heterocycles. The highest BCUT2D eigenvalue weighted by atomic mass is 16.6. The van der Waals surface area contributed by atoms with Gasteiger partial charge in [0.05, 0.1) is 11.2 Å². The normalized spacial score (nSPS) is 20.6. The minimum atomic E-state index is -0.443. The molecule has 0 radical (unpaired) electrons. The van der Waals surface area contributed by atoms with Crippen LogP contribution in [0.25, 0.3) is 22.3 Å². The molecule has 9 nitrogen and oxygen atoms in total. The summed E-state index contributed by atoms with van der Waals surface area (Å²) in [5, 5.41) is 8.78. The molecule has 1 saturated carbocycles. The number of ether oxygens (including phenoxy) is 2. The van der Waals surface area contributed by atoms with E-state index in [1.54, 1.807) is 6.33 Å². The largest absolute Gasteiger partial charge is 0.488 e. The number of piperidine rings is 2. The Bertz CT molecular complexity index is 1340. The molecule has 2 aromatic heterocycles. The van der Waals surface area contributed by atoms with Crippen LogP contribution in [0.2, 0.25) is 0 Å². The Morgan fingerprint density at radius 3 is 2.50 bits per heavy atom. The van der Waals surface area contributed by atoms with Crippen molar-refractivity contribution in [2.75, 3.05) is 32.7 Å². The fourth-order valence-corrected chi connectivity index (χ4v) is 5.94. The molecule has 1 aromatic carbocycles. The third kappa shape index (κ3) is 6.24. The second-order valence-corrected chi connectivity index (χ2v) is 13.1. The molecule has 0 bridgehead atoms. The average Bonchev–Trinajstić information content (AvgIpc) is 3.50. The molecule has 1 N–H and O–H groups in total. The topological polar surface area (TPSA) is 96.5 Å². The van der Waals surface area contributed by atoms with Gasteiger partial charge in [-0.05, 0) is 109 Å². The third-order valence-electron chi connectivity index (χ3n) is 8.57. The van der Waals surface area contributed by atoms with Crippen molar-refractivity contribution < 1.29 is 14.3 Å². The van der Waals surface area contributed by atoms with E-state index in [0.29, 0.717) is 11.8 Å². The molecule has 0 atom stereocenters. The van der Waals surface area contributed by atoms with Gasteiger partial charge in [-0.1, -0.05) is 0 Å². The van der Waals surface area contributed by atoms with Gasteiger partial charge >= 0.3 is 6.09 Å². The van der Waals surface area contributed by atoms with Crippen LogP contribution in [0.15, 0.2) is 30.6 Å². The van der Waals surface area contributed by atoms with E-state index in [0.717, 1.165) is 105 Å². The van der Waals surface area contributed by atoms with Crippen molar-refractivity contribution in [2.45, 2.75) is 83.3 Å². The van der Waals surface area contributed by atoms with E-state index in [4.69, 9.17) is 9.47 Å². The van der Waals surface area contributed by atoms with Crippen LogP contribution < -0.4 is 4.74 Å². The van der Waals surface area contributed by atoms with Crippen LogP contribution in [-0.4, -0.2) is 80.0 Å². The average molecular weight is 547 g/mol. The van der Waals surface area contributed by atoms with E-state index < -0.39 is 5.60 Å². The van der Waals surface area contributed by atoms with E-state index in [2.05, 4.69) is 44.1 Å². The highest BCUT2D eigenvalue weighted by Gasteiger charge is 2.40. The molecule has 214 valence electrons. The Kier molecular flexibility index (Phi) is 7.19. The van der Waals surface area contributed by atoms with Crippen molar-refractivity contribution in [3.8, 4) is 17.1 Å². The Labute approximate surface area is 236 Å². The summed E-state index contributed by atoms with van der Waals surface area (Å²) in [4.78, 5) is 26.1. The van der Waals surface area contributed by atoms with Crippen LogP contribution in [0.3, 0.4) is 0 Å². The van der Waals surface area contributed by atoms with E-state index in [9.17, 15) is 4.79 Å². The van der Waals surface area contributed by atoms with Gasteiger partial charge < -0.3 is 19.3 Å². The summed E-state index contributed by atoms with van der Waals surface area (Å²) in [5.41, 5.74) is 3.32. The van der Waals surface area contributed by atoms with Crippen LogP contribution >= 0.6 is 0 Å². The van der Waals surface area contributed by atoms with Crippen LogP contribution in [0.5, 0.6) is 5.75 Å². The van der Waals surface area contributed by atoms with Gasteiger partial charge in [0.2, 0.25) is 0 Å². The fraction of sp³-hybridized carbons (Fsp3) is 0.613. The van der Waals surface area contributed by atoms with E-state index >= 15 is 0 Å². The molecular formula is C31H42N6O3. The first-order chi connectivity index (χ1) is 19.1. The van der Waals surface area contributed by atoms with Gasteiger partial charge in [0.1, 0.15) is 29.0 Å². The number of aromatic amines is 1. The van der Waals surface area contributed by atoms with Crippen LogP contribution in [-0.2, 0) is 4.74 Å². The molecule has 9 heteroatoms. The summed E-state index contributed by atoms with van der Waals surface area (Å²) >= 11 is 0. The third-order valence-corrected chi connectivity index (χ3v) is 8.57. The predicted molar refractivity (Wildman–Crippen MR) is 154 cm³/mol. The molecule has 1 amide bonds. The van der Waals surface area contributed by atoms with Gasteiger partial charge in [-0.25, -0.2) is 14.8 Å². The van der Waals surface area contributed by atoms with Crippen molar-refractivity contribution in [3.05, 3.63) is 36.3 Å². The van der Waals surface area contributed by atoms with Gasteiger partial charge in [-0.3, -0.25) is 5.10 Å². The van der Waals surface area contributed by atoms with E-state index in [-0.39, 0.29) is 11.7 Å². The lowest BCUT2D eigenvalue weighted by molar-refractivity contribution is 0.0165. The molecule has 4 heterocycles. The number of rotatable bonds is 6. The molecule has 0 unspecified atom stereocenters. The van der Waals surface area contributed by atoms with Crippen LogP contribution in [0, 0.1) is 5.92 Å². The first kappa shape index (κ1) is 27.0. The molecule has 1 aliphatic carbocycles. The SMILES string of the molecule is CC(C)(C)OC(=O)N1CCC(CN2CCC(c3cc(-c4n[nH]c5ccc(OC6(C)CC6)cc45)ncn3)CC2)CC1. The van der Waals surface area contributed by atoms with Gasteiger partial charge in [-0.15, -0.1) is 0 Å². The zero-order valence-electron chi connectivity index (χ0n) is 24.3. The molecule has 0 spiro atoms. The van der Waals surface area contributed by atoms with Crippen LogP contribution in [0.1, 0.15) is 77.8 Å². The van der Waals surface area contributed by atoms with Crippen molar-refractivity contribution in [3.63, 3.8) is 0 Å². The number of amides is 1. The zero-order chi connectivity index (χ0) is 27.9. The molecule has 3 aromatic rings. The first-order valence-electron chi connectivity index (χ1n) is 14.8. The van der Waals surface area contributed by atoms with Crippen molar-refractivity contribution in [1.82, 2.24) is 30.0 Å². The number of nitrogens with zero attached hydrogens (tertiary/aromatic N) is 5. The minimum absolute atomic E-state index is 0.0219. The van der Waals surface area contributed by atoms with Gasteiger partial charge in [0.15, 0.2) is 0 Å². The summed E-state index contributed by atoms with van der Waals surface area (Å²) < 4.78 is 11.7. The lowest BCUT2D eigenvalue weighted by atomic mass is 9.90. The number of aromatic nitrogens is 4. The second-order valence-electron chi connectivity index (χ2n) is 13.1. The Hall–Kier alpha value is -3.20. The van der Waals surface area contributed by atoms with Gasteiger partial charge in [-0.2, -0.15) is 5.10 Å². The van der Waals surface area contributed by atoms with Crippen LogP contribution in [0.4, 0.5) is 4.79 Å². The Morgan fingerprint density at radius 2 is 1.80 bits per heavy atom. The monoisotopic (exact) mass is 546 g/mol. The van der Waals surface area contributed by atoms with E-state index in [1.807, 2.05) is 37.8 Å². The number of nitrogens with one attached hydrogen (secondary N) is 1. The van der Waals surface area contributed by atoms with Crippen molar-refractivity contribution in [2.24, 2.45) is 5.92 Å². The maximum absolute atomic E-state index is 12.4. The van der Waals surface area contributed by atoms with Crippen molar-refractivity contribution in [1.29, 1.82) is 0 Å². The summed E-state index contributed by atoms with van der Waals surface area (Å²) in [7, 11) is 0. The number of fused-ring (bicyclic) bond motifs is 1. The number of carbonyl (C=O) groups excluding carboxylic acids is 1. The number of H-pyrrole nitrogens is 1. The number of hydrogen-bond donors (Lipinski definition) is 1. The molecular weight excluding hydrogens is 504 g/mol. The fourth-order valence-electron chi connectivity index (χ4n) is 5.94. The molecule has 6 rings (SSSR count). The molecule has 2 saturated heterocycles. The van der Waals surface area contributed by atoms with Gasteiger partial charge in [0, 0.05) is 36.6 Å². The summed E-state index contributed by atoms with van der Waals surface area (Å²) in [6, 6.07) is 8.25. The predicted octanol–water partition coefficient (Wildman–Crippen LogP) is 5.78. The minimum Gasteiger partial charge on any atom is -0.488 e. The standard InChI is InChI=1S/C31H42N6O3/c1-30(2,3)40-29(38)37-15-7-21(8-16-37)19-36-13-9-22(10-14-36)26-18-27(33-20-32-26)28-24-17-23(39-31(4)11-12-31)5-6-25(24)34-35-28/h5-6,17-18,20-22H,7-16,19H2,1-4H3,(H,34,35). The smallest absolute Gasteiger partial charge is 0.410 e.